The summed E-state index contributed by atoms with van der Waals surface area (Å²) in [6.07, 6.45) is 1.57. The van der Waals surface area contributed by atoms with Gasteiger partial charge in [-0.2, -0.15) is 9.19 Å². The van der Waals surface area contributed by atoms with E-state index in [1.807, 2.05) is 12.3 Å². The first kappa shape index (κ1) is 19.9. The molecule has 1 aromatic carbocycles. The molecule has 0 saturated carbocycles. The number of nitrogens with zero attached hydrogens (tertiary/aromatic N) is 7. The van der Waals surface area contributed by atoms with Crippen molar-refractivity contribution in [2.45, 2.75) is 13.5 Å². The predicted octanol–water partition coefficient (Wildman–Crippen LogP) is 4.88. The van der Waals surface area contributed by atoms with Crippen molar-refractivity contribution in [1.29, 1.82) is 0 Å². The van der Waals surface area contributed by atoms with Crippen LogP contribution >= 0.6 is 35.0 Å². The third-order valence-corrected chi connectivity index (χ3v) is 6.68. The zero-order valence-corrected chi connectivity index (χ0v) is 18.1. The van der Waals surface area contributed by atoms with E-state index in [1.54, 1.807) is 24.4 Å². The van der Waals surface area contributed by atoms with Gasteiger partial charge in [0.05, 0.1) is 16.3 Å². The molecule has 0 amide bonds. The summed E-state index contributed by atoms with van der Waals surface area (Å²) in [4.78, 5) is 10.1. The average molecular weight is 476 g/mol. The van der Waals surface area contributed by atoms with Crippen LogP contribution in [0.15, 0.2) is 35.8 Å². The van der Waals surface area contributed by atoms with Gasteiger partial charge in [0.15, 0.2) is 18.2 Å². The lowest BCUT2D eigenvalue weighted by Crippen LogP contribution is -1.97. The molecule has 0 atom stereocenters. The maximum absolute atomic E-state index is 14.5. The zero-order chi connectivity index (χ0) is 21.4. The van der Waals surface area contributed by atoms with Crippen LogP contribution in [-0.4, -0.2) is 34.6 Å². The number of benzene rings is 1. The molecule has 0 aliphatic rings. The van der Waals surface area contributed by atoms with Gasteiger partial charge in [0.25, 0.3) is 0 Å². The van der Waals surface area contributed by atoms with E-state index in [0.717, 1.165) is 25.4 Å². The Balaban J connectivity index is 1.41. The summed E-state index contributed by atoms with van der Waals surface area (Å²) >= 11 is 2.64. The second-order valence-electron chi connectivity index (χ2n) is 6.27. The van der Waals surface area contributed by atoms with Gasteiger partial charge in [0.2, 0.25) is 5.88 Å². The first-order valence-corrected chi connectivity index (χ1v) is 11.2. The monoisotopic (exact) mass is 475 g/mol. The van der Waals surface area contributed by atoms with Crippen LogP contribution in [0.4, 0.5) is 8.28 Å². The summed E-state index contributed by atoms with van der Waals surface area (Å²) < 4.78 is 33.8. The molecule has 0 aliphatic heterocycles. The Morgan fingerprint density at radius 3 is 2.94 bits per heavy atom. The lowest BCUT2D eigenvalue weighted by atomic mass is 10.2. The molecule has 0 fully saturated rings. The van der Waals surface area contributed by atoms with Crippen LogP contribution in [0.25, 0.3) is 32.2 Å². The Morgan fingerprint density at radius 2 is 2.13 bits per heavy atom. The second-order valence-corrected chi connectivity index (χ2v) is 8.69. The summed E-state index contributed by atoms with van der Waals surface area (Å²) in [7, 11) is 0. The molecule has 4 aromatic heterocycles. The van der Waals surface area contributed by atoms with Gasteiger partial charge in [0, 0.05) is 23.2 Å². The first-order valence-electron chi connectivity index (χ1n) is 8.79. The van der Waals surface area contributed by atoms with Crippen LogP contribution in [0.3, 0.4) is 0 Å². The van der Waals surface area contributed by atoms with Gasteiger partial charge in [0.1, 0.15) is 27.7 Å². The number of hydrogen-bond acceptors (Lipinski definition) is 10. The van der Waals surface area contributed by atoms with Crippen molar-refractivity contribution < 1.29 is 13.0 Å². The highest BCUT2D eigenvalue weighted by Crippen LogP contribution is 2.35. The topological polar surface area (TPSA) is 91.5 Å². The van der Waals surface area contributed by atoms with Crippen molar-refractivity contribution in [3.05, 3.63) is 52.4 Å². The minimum absolute atomic E-state index is 0.000853. The van der Waals surface area contributed by atoms with Crippen molar-refractivity contribution in [2.24, 2.45) is 0 Å². The lowest BCUT2D eigenvalue weighted by Gasteiger charge is -2.00. The molecule has 0 spiro atoms. The molecule has 5 aromatic rings. The van der Waals surface area contributed by atoms with Gasteiger partial charge in [-0.15, -0.1) is 36.8 Å². The summed E-state index contributed by atoms with van der Waals surface area (Å²) in [6, 6.07) is 6.41. The summed E-state index contributed by atoms with van der Waals surface area (Å²) in [5.41, 5.74) is 2.37. The average Bonchev–Trinajstić information content (AvgIpc) is 3.51. The number of thiazole rings is 2. The highest BCUT2D eigenvalue weighted by molar-refractivity contribution is 7.92. The minimum atomic E-state index is -0.614. The highest BCUT2D eigenvalue weighted by atomic mass is 32.2. The molecule has 0 N–H and O–H groups in total. The molecule has 5 rings (SSSR count). The molecule has 0 bridgehead atoms. The van der Waals surface area contributed by atoms with Gasteiger partial charge >= 0.3 is 0 Å². The maximum atomic E-state index is 14.5. The van der Waals surface area contributed by atoms with Gasteiger partial charge in [-0.1, -0.05) is 5.21 Å². The van der Waals surface area contributed by atoms with Crippen LogP contribution < -0.4 is 4.74 Å². The van der Waals surface area contributed by atoms with E-state index in [2.05, 4.69) is 30.5 Å². The van der Waals surface area contributed by atoms with Crippen LogP contribution in [0.2, 0.25) is 0 Å². The Kier molecular flexibility index (Phi) is 5.29. The van der Waals surface area contributed by atoms with E-state index >= 15 is 0 Å². The van der Waals surface area contributed by atoms with E-state index in [0.29, 0.717) is 16.5 Å². The molecular formula is C18H11F2N7OS3. The van der Waals surface area contributed by atoms with Crippen molar-refractivity contribution in [2.75, 3.05) is 0 Å². The largest absolute Gasteiger partial charge is 0.469 e. The van der Waals surface area contributed by atoms with Gasteiger partial charge in [-0.05, 0) is 25.1 Å². The normalized spacial score (nSPS) is 11.3. The third kappa shape index (κ3) is 3.86. The Bertz CT molecular complexity index is 1370. The minimum Gasteiger partial charge on any atom is -0.469 e. The van der Waals surface area contributed by atoms with Crippen LogP contribution in [-0.2, 0) is 6.61 Å². The van der Waals surface area contributed by atoms with Crippen molar-refractivity contribution in [3.8, 4) is 27.0 Å². The number of aromatic nitrogens is 7. The quantitative estimate of drug-likeness (QED) is 0.343. The Hall–Kier alpha value is -3.03. The predicted molar refractivity (Wildman–Crippen MR) is 115 cm³/mol. The fraction of sp³-hybridized carbons (Fsp3) is 0.111. The highest BCUT2D eigenvalue weighted by Gasteiger charge is 2.18. The molecule has 0 radical (unpaired) electrons. The summed E-state index contributed by atoms with van der Waals surface area (Å²) in [5, 5.41) is 18.3. The number of ether oxygens (including phenoxy) is 1. The number of fused-ring (bicyclic) bond motifs is 1. The number of hydrogen-bond donors (Lipinski definition) is 0. The van der Waals surface area contributed by atoms with Crippen molar-refractivity contribution in [3.63, 3.8) is 0 Å². The maximum Gasteiger partial charge on any atom is 0.233 e. The molecule has 156 valence electrons. The molecule has 8 nitrogen and oxygen atoms in total. The van der Waals surface area contributed by atoms with E-state index in [4.69, 9.17) is 4.74 Å². The van der Waals surface area contributed by atoms with Gasteiger partial charge in [-0.3, -0.25) is 0 Å². The molecule has 0 unspecified atom stereocenters. The first-order chi connectivity index (χ1) is 15.1. The van der Waals surface area contributed by atoms with Crippen molar-refractivity contribution >= 4 is 46.0 Å². The zero-order valence-electron chi connectivity index (χ0n) is 15.7. The fourth-order valence-electron chi connectivity index (χ4n) is 2.92. The lowest BCUT2D eigenvalue weighted by molar-refractivity contribution is 0.289. The van der Waals surface area contributed by atoms with Crippen LogP contribution in [0, 0.1) is 12.7 Å². The molecule has 0 saturated heterocycles. The Morgan fingerprint density at radius 1 is 1.23 bits per heavy atom. The third-order valence-electron chi connectivity index (χ3n) is 4.25. The van der Waals surface area contributed by atoms with E-state index in [-0.39, 0.29) is 30.0 Å². The van der Waals surface area contributed by atoms with Crippen molar-refractivity contribution in [1.82, 2.24) is 34.6 Å². The van der Waals surface area contributed by atoms with E-state index < -0.39 is 5.82 Å². The van der Waals surface area contributed by atoms with Gasteiger partial charge in [-0.25, -0.2) is 14.4 Å². The SMILES string of the molecule is Cc1nc(COc2cccnn2)sc1-c1csc(-c2cc(F)c3c(c2)nnn3SF)n1. The van der Waals surface area contributed by atoms with Crippen LogP contribution in [0.5, 0.6) is 5.88 Å². The number of aryl methyl sites for hydroxylation is 1. The van der Waals surface area contributed by atoms with Gasteiger partial charge < -0.3 is 4.74 Å². The number of rotatable bonds is 6. The molecule has 13 heteroatoms. The summed E-state index contributed by atoms with van der Waals surface area (Å²) in [6.45, 7) is 2.17. The molecular weight excluding hydrogens is 464 g/mol. The summed E-state index contributed by atoms with van der Waals surface area (Å²) in [5.74, 6) is -0.190. The smallest absolute Gasteiger partial charge is 0.233 e. The fourth-order valence-corrected chi connectivity index (χ4v) is 5.04. The van der Waals surface area contributed by atoms with E-state index in [1.165, 1.54) is 28.7 Å². The second kappa shape index (κ2) is 8.24. The molecule has 4 heterocycles. The Labute approximate surface area is 186 Å². The number of halogens is 2. The standard InChI is InChI=1S/C18H11F2N7OS3/c1-9-17(30-15(22-9)7-28-14-3-2-4-21-25-14)13-8-29-18(23-13)10-5-11(19)16-12(6-10)24-26-27(16)31-20/h2-6,8H,7H2,1H3. The van der Waals surface area contributed by atoms with Crippen LogP contribution in [0.1, 0.15) is 10.7 Å². The molecule has 0 aliphatic carbocycles. The van der Waals surface area contributed by atoms with E-state index in [9.17, 15) is 8.28 Å². The molecule has 31 heavy (non-hydrogen) atoms.